The van der Waals surface area contributed by atoms with Crippen LogP contribution in [0.3, 0.4) is 0 Å². The SMILES string of the molecule is Cc1ccc(C)n1-c1ccc(Oc2ccc(Br)cc2)cc1. The first-order valence-electron chi connectivity index (χ1n) is 6.82. The van der Waals surface area contributed by atoms with E-state index in [1.54, 1.807) is 0 Å². The number of aromatic nitrogens is 1. The van der Waals surface area contributed by atoms with Gasteiger partial charge >= 0.3 is 0 Å². The number of hydrogen-bond donors (Lipinski definition) is 0. The predicted molar refractivity (Wildman–Crippen MR) is 89.5 cm³/mol. The Labute approximate surface area is 133 Å². The molecule has 2 nitrogen and oxygen atoms in total. The van der Waals surface area contributed by atoms with Gasteiger partial charge in [0.15, 0.2) is 0 Å². The van der Waals surface area contributed by atoms with E-state index in [0.29, 0.717) is 0 Å². The van der Waals surface area contributed by atoms with Gasteiger partial charge in [-0.2, -0.15) is 0 Å². The third kappa shape index (κ3) is 3.03. The zero-order chi connectivity index (χ0) is 14.8. The summed E-state index contributed by atoms with van der Waals surface area (Å²) in [6, 6.07) is 20.2. The average molecular weight is 342 g/mol. The highest BCUT2D eigenvalue weighted by Gasteiger charge is 2.04. The Hall–Kier alpha value is -2.00. The monoisotopic (exact) mass is 341 g/mol. The van der Waals surface area contributed by atoms with Crippen molar-refractivity contribution in [2.24, 2.45) is 0 Å². The Balaban J connectivity index is 1.83. The van der Waals surface area contributed by atoms with Gasteiger partial charge in [-0.3, -0.25) is 0 Å². The maximum absolute atomic E-state index is 5.84. The molecule has 0 aliphatic heterocycles. The first kappa shape index (κ1) is 14.0. The quantitative estimate of drug-likeness (QED) is 0.600. The summed E-state index contributed by atoms with van der Waals surface area (Å²) in [7, 11) is 0. The highest BCUT2D eigenvalue weighted by Crippen LogP contribution is 2.25. The van der Waals surface area contributed by atoms with Crippen molar-refractivity contribution in [2.75, 3.05) is 0 Å². The topological polar surface area (TPSA) is 14.2 Å². The van der Waals surface area contributed by atoms with Crippen molar-refractivity contribution in [3.8, 4) is 17.2 Å². The highest BCUT2D eigenvalue weighted by molar-refractivity contribution is 9.10. The summed E-state index contributed by atoms with van der Waals surface area (Å²) in [5.74, 6) is 1.67. The fourth-order valence-corrected chi connectivity index (χ4v) is 2.64. The molecule has 0 aliphatic rings. The lowest BCUT2D eigenvalue weighted by Crippen LogP contribution is -1.98. The molecule has 1 aromatic heterocycles. The molecule has 1 heterocycles. The molecule has 0 amide bonds. The summed E-state index contributed by atoms with van der Waals surface area (Å²) in [6.45, 7) is 4.22. The normalized spacial score (nSPS) is 10.6. The van der Waals surface area contributed by atoms with E-state index in [-0.39, 0.29) is 0 Å². The van der Waals surface area contributed by atoms with E-state index < -0.39 is 0 Å². The van der Waals surface area contributed by atoms with Crippen LogP contribution in [0.1, 0.15) is 11.4 Å². The summed E-state index contributed by atoms with van der Waals surface area (Å²) in [5, 5.41) is 0. The average Bonchev–Trinajstić information content (AvgIpc) is 2.82. The summed E-state index contributed by atoms with van der Waals surface area (Å²) in [4.78, 5) is 0. The van der Waals surface area contributed by atoms with Crippen LogP contribution < -0.4 is 4.74 Å². The first-order valence-corrected chi connectivity index (χ1v) is 7.61. The number of aryl methyl sites for hydroxylation is 2. The zero-order valence-corrected chi connectivity index (χ0v) is 13.6. The molecule has 21 heavy (non-hydrogen) atoms. The lowest BCUT2D eigenvalue weighted by atomic mass is 10.3. The molecule has 0 bridgehead atoms. The van der Waals surface area contributed by atoms with Gasteiger partial charge in [-0.1, -0.05) is 15.9 Å². The molecule has 0 atom stereocenters. The number of hydrogen-bond acceptors (Lipinski definition) is 1. The van der Waals surface area contributed by atoms with Gasteiger partial charge in [-0.15, -0.1) is 0 Å². The maximum atomic E-state index is 5.84. The summed E-state index contributed by atoms with van der Waals surface area (Å²) in [5.41, 5.74) is 3.61. The molecule has 3 rings (SSSR count). The first-order chi connectivity index (χ1) is 10.1. The Bertz CT molecular complexity index is 722. The molecule has 3 aromatic rings. The van der Waals surface area contributed by atoms with Gasteiger partial charge in [0, 0.05) is 21.5 Å². The van der Waals surface area contributed by atoms with Crippen molar-refractivity contribution >= 4 is 15.9 Å². The standard InChI is InChI=1S/C18H16BrNO/c1-13-3-4-14(2)20(13)16-7-11-18(12-8-16)21-17-9-5-15(19)6-10-17/h3-12H,1-2H3. The summed E-state index contributed by atoms with van der Waals surface area (Å²) in [6.07, 6.45) is 0. The Kier molecular flexibility index (Phi) is 3.84. The number of benzene rings is 2. The van der Waals surface area contributed by atoms with Crippen LogP contribution in [0, 0.1) is 13.8 Å². The summed E-state index contributed by atoms with van der Waals surface area (Å²) >= 11 is 3.42. The molecule has 3 heteroatoms. The Morgan fingerprint density at radius 2 is 1.19 bits per heavy atom. The minimum Gasteiger partial charge on any atom is -0.457 e. The molecule has 106 valence electrons. The van der Waals surface area contributed by atoms with E-state index >= 15 is 0 Å². The zero-order valence-electron chi connectivity index (χ0n) is 12.0. The van der Waals surface area contributed by atoms with Crippen molar-refractivity contribution in [3.05, 3.63) is 76.5 Å². The molecule has 0 aliphatic carbocycles. The fraction of sp³-hybridized carbons (Fsp3) is 0.111. The number of rotatable bonds is 3. The van der Waals surface area contributed by atoms with Crippen LogP contribution in [0.25, 0.3) is 5.69 Å². The molecular weight excluding hydrogens is 326 g/mol. The third-order valence-electron chi connectivity index (χ3n) is 3.42. The van der Waals surface area contributed by atoms with E-state index in [0.717, 1.165) is 21.7 Å². The van der Waals surface area contributed by atoms with Gasteiger partial charge in [-0.05, 0) is 74.5 Å². The van der Waals surface area contributed by atoms with Crippen molar-refractivity contribution in [2.45, 2.75) is 13.8 Å². The van der Waals surface area contributed by atoms with Gasteiger partial charge < -0.3 is 9.30 Å². The number of nitrogens with zero attached hydrogens (tertiary/aromatic N) is 1. The van der Waals surface area contributed by atoms with E-state index in [2.05, 4.69) is 58.6 Å². The second-order valence-electron chi connectivity index (χ2n) is 5.00. The molecule has 0 radical (unpaired) electrons. The highest BCUT2D eigenvalue weighted by atomic mass is 79.9. The fourth-order valence-electron chi connectivity index (χ4n) is 2.38. The van der Waals surface area contributed by atoms with E-state index in [4.69, 9.17) is 4.74 Å². The van der Waals surface area contributed by atoms with Gasteiger partial charge in [0.2, 0.25) is 0 Å². The molecular formula is C18H16BrNO. The van der Waals surface area contributed by atoms with Gasteiger partial charge in [0.05, 0.1) is 0 Å². The van der Waals surface area contributed by atoms with Crippen molar-refractivity contribution in [1.29, 1.82) is 0 Å². The molecule has 0 saturated heterocycles. The van der Waals surface area contributed by atoms with Crippen LogP contribution in [-0.4, -0.2) is 4.57 Å². The predicted octanol–water partition coefficient (Wildman–Crippen LogP) is 5.65. The number of ether oxygens (including phenoxy) is 1. The lowest BCUT2D eigenvalue weighted by molar-refractivity contribution is 0.482. The molecule has 0 fully saturated rings. The smallest absolute Gasteiger partial charge is 0.127 e. The maximum Gasteiger partial charge on any atom is 0.127 e. The Morgan fingerprint density at radius 3 is 1.71 bits per heavy atom. The lowest BCUT2D eigenvalue weighted by Gasteiger charge is -2.11. The minimum absolute atomic E-state index is 0.833. The van der Waals surface area contributed by atoms with Crippen LogP contribution in [0.5, 0.6) is 11.5 Å². The second kappa shape index (κ2) is 5.78. The van der Waals surface area contributed by atoms with Crippen molar-refractivity contribution in [3.63, 3.8) is 0 Å². The largest absolute Gasteiger partial charge is 0.457 e. The van der Waals surface area contributed by atoms with Gasteiger partial charge in [-0.25, -0.2) is 0 Å². The van der Waals surface area contributed by atoms with Crippen LogP contribution in [0.15, 0.2) is 65.1 Å². The molecule has 0 unspecified atom stereocenters. The molecule has 2 aromatic carbocycles. The van der Waals surface area contributed by atoms with Crippen LogP contribution in [0.4, 0.5) is 0 Å². The second-order valence-corrected chi connectivity index (χ2v) is 5.92. The van der Waals surface area contributed by atoms with Crippen LogP contribution in [0.2, 0.25) is 0 Å². The van der Waals surface area contributed by atoms with Crippen LogP contribution >= 0.6 is 15.9 Å². The summed E-state index contributed by atoms with van der Waals surface area (Å²) < 4.78 is 9.11. The minimum atomic E-state index is 0.833. The third-order valence-corrected chi connectivity index (χ3v) is 3.94. The molecule has 0 saturated carbocycles. The molecule has 0 N–H and O–H groups in total. The van der Waals surface area contributed by atoms with Crippen molar-refractivity contribution < 1.29 is 4.74 Å². The van der Waals surface area contributed by atoms with E-state index in [9.17, 15) is 0 Å². The van der Waals surface area contributed by atoms with Gasteiger partial charge in [0.1, 0.15) is 11.5 Å². The van der Waals surface area contributed by atoms with Gasteiger partial charge in [0.25, 0.3) is 0 Å². The number of halogens is 1. The van der Waals surface area contributed by atoms with Crippen molar-refractivity contribution in [1.82, 2.24) is 4.57 Å². The Morgan fingerprint density at radius 1 is 0.714 bits per heavy atom. The molecule has 0 spiro atoms. The van der Waals surface area contributed by atoms with Crippen LogP contribution in [-0.2, 0) is 0 Å². The van der Waals surface area contributed by atoms with E-state index in [1.807, 2.05) is 36.4 Å². The van der Waals surface area contributed by atoms with E-state index in [1.165, 1.54) is 11.4 Å².